The summed E-state index contributed by atoms with van der Waals surface area (Å²) < 4.78 is 21.0. The van der Waals surface area contributed by atoms with Crippen LogP contribution in [0.5, 0.6) is 23.0 Å². The Balaban J connectivity index is 2.06. The molecule has 0 radical (unpaired) electrons. The number of aliphatic carboxylic acids is 1. The maximum atomic E-state index is 12.3. The van der Waals surface area contributed by atoms with Gasteiger partial charge in [-0.15, -0.1) is 0 Å². The lowest BCUT2D eigenvalue weighted by Crippen LogP contribution is -2.17. The molecule has 0 spiro atoms. The number of ether oxygens (including phenoxy) is 4. The molecule has 2 N–H and O–H groups in total. The van der Waals surface area contributed by atoms with Gasteiger partial charge < -0.3 is 24.1 Å². The average molecular weight is 402 g/mol. The molecule has 9 nitrogen and oxygen atoms in total. The zero-order chi connectivity index (χ0) is 21.2. The normalized spacial score (nSPS) is 10.4. The summed E-state index contributed by atoms with van der Waals surface area (Å²) in [5.41, 5.74) is 3.41. The Morgan fingerprint density at radius 2 is 1.72 bits per heavy atom. The number of nitrogens with zero attached hydrogens (tertiary/aromatic N) is 1. The lowest BCUT2D eigenvalue weighted by Gasteiger charge is -2.10. The second kappa shape index (κ2) is 10.5. The highest BCUT2D eigenvalue weighted by Crippen LogP contribution is 2.28. The summed E-state index contributed by atoms with van der Waals surface area (Å²) in [6, 6.07) is 9.63. The Kier molecular flexibility index (Phi) is 7.84. The molecule has 29 heavy (non-hydrogen) atoms. The van der Waals surface area contributed by atoms with Crippen molar-refractivity contribution in [3.63, 3.8) is 0 Å². The van der Waals surface area contributed by atoms with Crippen molar-refractivity contribution in [1.29, 1.82) is 0 Å². The minimum Gasteiger partial charge on any atom is -0.493 e. The maximum Gasteiger partial charge on any atom is 0.341 e. The predicted octanol–water partition coefficient (Wildman–Crippen LogP) is 2.33. The summed E-state index contributed by atoms with van der Waals surface area (Å²) in [4.78, 5) is 22.9. The first-order valence-corrected chi connectivity index (χ1v) is 8.65. The number of carboxylic acids is 1. The van der Waals surface area contributed by atoms with Gasteiger partial charge in [0.25, 0.3) is 5.91 Å². The van der Waals surface area contributed by atoms with Gasteiger partial charge in [-0.25, -0.2) is 10.2 Å². The van der Waals surface area contributed by atoms with Crippen LogP contribution in [-0.2, 0) is 4.79 Å². The van der Waals surface area contributed by atoms with Crippen LogP contribution in [0.2, 0.25) is 0 Å². The number of hydrogen-bond acceptors (Lipinski definition) is 7. The third kappa shape index (κ3) is 6.13. The van der Waals surface area contributed by atoms with Gasteiger partial charge in [0.2, 0.25) is 0 Å². The van der Waals surface area contributed by atoms with Crippen molar-refractivity contribution in [3.05, 3.63) is 47.5 Å². The molecule has 0 aliphatic carbocycles. The molecule has 0 saturated heterocycles. The minimum absolute atomic E-state index is 0.290. The molecule has 0 atom stereocenters. The molecule has 0 heterocycles. The fourth-order valence-corrected chi connectivity index (χ4v) is 2.34. The molecular formula is C20H22N2O7. The van der Waals surface area contributed by atoms with Crippen LogP contribution in [0.15, 0.2) is 41.5 Å². The van der Waals surface area contributed by atoms with E-state index < -0.39 is 18.5 Å². The molecule has 1 amide bonds. The lowest BCUT2D eigenvalue weighted by atomic mass is 10.2. The number of amides is 1. The number of nitrogens with one attached hydrogen (secondary N) is 1. The monoisotopic (exact) mass is 402 g/mol. The summed E-state index contributed by atoms with van der Waals surface area (Å²) in [5.74, 6) is 0.123. The molecule has 0 fully saturated rings. The van der Waals surface area contributed by atoms with Gasteiger partial charge in [-0.2, -0.15) is 5.10 Å². The zero-order valence-corrected chi connectivity index (χ0v) is 16.3. The van der Waals surface area contributed by atoms with Crippen molar-refractivity contribution in [2.45, 2.75) is 6.92 Å². The second-order valence-electron chi connectivity index (χ2n) is 5.59. The van der Waals surface area contributed by atoms with Crippen LogP contribution in [0.1, 0.15) is 22.8 Å². The van der Waals surface area contributed by atoms with Crippen LogP contribution >= 0.6 is 0 Å². The van der Waals surface area contributed by atoms with E-state index in [1.165, 1.54) is 20.4 Å². The standard InChI is InChI=1S/C20H22N2O7/c1-4-28-18-10-14(6-8-15(18)26-2)20(25)22-21-11-13-5-7-16(17(9-13)27-3)29-12-19(23)24/h5-11H,4,12H2,1-3H3,(H,22,25)(H,23,24)/b21-11+. The van der Waals surface area contributed by atoms with Gasteiger partial charge in [0.05, 0.1) is 27.0 Å². The molecule has 2 rings (SSSR count). The fourth-order valence-electron chi connectivity index (χ4n) is 2.34. The Labute approximate surface area is 167 Å². The fraction of sp³-hybridized carbons (Fsp3) is 0.250. The number of rotatable bonds is 10. The third-order valence-corrected chi connectivity index (χ3v) is 3.64. The maximum absolute atomic E-state index is 12.3. The van der Waals surface area contributed by atoms with E-state index in [2.05, 4.69) is 10.5 Å². The molecule has 0 unspecified atom stereocenters. The molecule has 0 aliphatic heterocycles. The van der Waals surface area contributed by atoms with Crippen molar-refractivity contribution in [2.24, 2.45) is 5.10 Å². The topological polar surface area (TPSA) is 116 Å². The largest absolute Gasteiger partial charge is 0.493 e. The van der Waals surface area contributed by atoms with Gasteiger partial charge in [0, 0.05) is 5.56 Å². The Hall–Kier alpha value is -3.75. The van der Waals surface area contributed by atoms with E-state index in [1.807, 2.05) is 6.92 Å². The van der Waals surface area contributed by atoms with Crippen LogP contribution < -0.4 is 24.4 Å². The van der Waals surface area contributed by atoms with Crippen molar-refractivity contribution in [1.82, 2.24) is 5.43 Å². The van der Waals surface area contributed by atoms with Gasteiger partial charge in [-0.05, 0) is 48.9 Å². The van der Waals surface area contributed by atoms with Crippen LogP contribution in [-0.4, -0.2) is 50.6 Å². The highest BCUT2D eigenvalue weighted by Gasteiger charge is 2.11. The molecule has 2 aromatic rings. The van der Waals surface area contributed by atoms with Crippen LogP contribution in [0.4, 0.5) is 0 Å². The number of carboxylic acid groups (broad SMARTS) is 1. The highest BCUT2D eigenvalue weighted by molar-refractivity contribution is 5.95. The number of methoxy groups -OCH3 is 2. The minimum atomic E-state index is -1.09. The lowest BCUT2D eigenvalue weighted by molar-refractivity contribution is -0.139. The summed E-state index contributed by atoms with van der Waals surface area (Å²) in [6.45, 7) is 1.79. The summed E-state index contributed by atoms with van der Waals surface area (Å²) in [5, 5.41) is 12.6. The molecular weight excluding hydrogens is 380 g/mol. The molecule has 9 heteroatoms. The number of benzene rings is 2. The van der Waals surface area contributed by atoms with Gasteiger partial charge in [-0.1, -0.05) is 0 Å². The van der Waals surface area contributed by atoms with Crippen LogP contribution in [0, 0.1) is 0 Å². The van der Waals surface area contributed by atoms with Crippen LogP contribution in [0.25, 0.3) is 0 Å². The van der Waals surface area contributed by atoms with E-state index in [0.29, 0.717) is 35.0 Å². The smallest absolute Gasteiger partial charge is 0.341 e. The molecule has 0 bridgehead atoms. The zero-order valence-electron chi connectivity index (χ0n) is 16.3. The Morgan fingerprint density at radius 3 is 2.38 bits per heavy atom. The first kappa shape index (κ1) is 21.5. The van der Waals surface area contributed by atoms with Gasteiger partial charge >= 0.3 is 5.97 Å². The molecule has 154 valence electrons. The van der Waals surface area contributed by atoms with E-state index in [1.54, 1.807) is 36.4 Å². The van der Waals surface area contributed by atoms with Crippen LogP contribution in [0.3, 0.4) is 0 Å². The Morgan fingerprint density at radius 1 is 1.00 bits per heavy atom. The average Bonchev–Trinajstić information content (AvgIpc) is 2.72. The summed E-state index contributed by atoms with van der Waals surface area (Å²) >= 11 is 0. The van der Waals surface area contributed by atoms with Crippen molar-refractivity contribution < 1.29 is 33.6 Å². The van der Waals surface area contributed by atoms with E-state index in [9.17, 15) is 9.59 Å². The predicted molar refractivity (Wildman–Crippen MR) is 105 cm³/mol. The number of hydrogen-bond donors (Lipinski definition) is 2. The second-order valence-corrected chi connectivity index (χ2v) is 5.59. The summed E-state index contributed by atoms with van der Waals surface area (Å²) in [6.07, 6.45) is 1.42. The van der Waals surface area contributed by atoms with E-state index in [-0.39, 0.29) is 5.75 Å². The first-order chi connectivity index (χ1) is 14.0. The third-order valence-electron chi connectivity index (χ3n) is 3.64. The SMILES string of the molecule is CCOc1cc(C(=O)N/N=C/c2ccc(OCC(=O)O)c(OC)c2)ccc1OC. The highest BCUT2D eigenvalue weighted by atomic mass is 16.5. The first-order valence-electron chi connectivity index (χ1n) is 8.65. The number of carbonyl (C=O) groups excluding carboxylic acids is 1. The van der Waals surface area contributed by atoms with Crippen molar-refractivity contribution >= 4 is 18.1 Å². The number of carbonyl (C=O) groups is 2. The van der Waals surface area contributed by atoms with E-state index in [0.717, 1.165) is 0 Å². The van der Waals surface area contributed by atoms with Crippen molar-refractivity contribution in [2.75, 3.05) is 27.4 Å². The van der Waals surface area contributed by atoms with Gasteiger partial charge in [0.15, 0.2) is 29.6 Å². The van der Waals surface area contributed by atoms with E-state index in [4.69, 9.17) is 24.1 Å². The molecule has 0 aliphatic rings. The number of hydrazone groups is 1. The molecule has 0 aromatic heterocycles. The Bertz CT molecular complexity index is 896. The van der Waals surface area contributed by atoms with E-state index >= 15 is 0 Å². The van der Waals surface area contributed by atoms with Gasteiger partial charge in [0.1, 0.15) is 0 Å². The van der Waals surface area contributed by atoms with Gasteiger partial charge in [-0.3, -0.25) is 4.79 Å². The summed E-state index contributed by atoms with van der Waals surface area (Å²) in [7, 11) is 2.96. The van der Waals surface area contributed by atoms with Crippen molar-refractivity contribution in [3.8, 4) is 23.0 Å². The quantitative estimate of drug-likeness (QED) is 0.463. The molecule has 0 saturated carbocycles. The molecule has 2 aromatic carbocycles.